The molecule has 0 atom stereocenters. The Balaban J connectivity index is 2.02. The van der Waals surface area contributed by atoms with Crippen LogP contribution >= 0.6 is 0 Å². The van der Waals surface area contributed by atoms with Gasteiger partial charge in [-0.2, -0.15) is 0 Å². The van der Waals surface area contributed by atoms with Crippen LogP contribution in [0.15, 0.2) is 36.4 Å². The van der Waals surface area contributed by atoms with Crippen molar-refractivity contribution < 1.29 is 14.3 Å². The number of hydrogen-bond donors (Lipinski definition) is 1. The Bertz CT molecular complexity index is 887. The molecule has 1 aliphatic rings. The Morgan fingerprint density at radius 3 is 2.50 bits per heavy atom. The van der Waals surface area contributed by atoms with E-state index in [9.17, 15) is 9.59 Å². The van der Waals surface area contributed by atoms with Crippen molar-refractivity contribution >= 4 is 11.8 Å². The first-order chi connectivity index (χ1) is 13.4. The Hall–Kier alpha value is -2.82. The lowest BCUT2D eigenvalue weighted by Crippen LogP contribution is -2.31. The van der Waals surface area contributed by atoms with Gasteiger partial charge in [0.25, 0.3) is 0 Å². The van der Waals surface area contributed by atoms with Crippen LogP contribution in [-0.4, -0.2) is 30.4 Å². The topological polar surface area (TPSA) is 72.6 Å². The molecule has 2 aromatic rings. The number of rotatable bonds is 8. The fraction of sp³-hybridized carbons (Fsp3) is 0.391. The summed E-state index contributed by atoms with van der Waals surface area (Å²) in [6.45, 7) is 5.31. The number of hydrogen-bond acceptors (Lipinski definition) is 3. The van der Waals surface area contributed by atoms with Gasteiger partial charge in [-0.1, -0.05) is 29.8 Å². The van der Waals surface area contributed by atoms with E-state index >= 15 is 0 Å². The Morgan fingerprint density at radius 1 is 1.14 bits per heavy atom. The minimum Gasteiger partial charge on any atom is -0.496 e. The van der Waals surface area contributed by atoms with Crippen LogP contribution in [0, 0.1) is 12.8 Å². The zero-order valence-corrected chi connectivity index (χ0v) is 16.8. The number of carbonyl (C=O) groups excluding carboxylic acids is 2. The summed E-state index contributed by atoms with van der Waals surface area (Å²) in [5.41, 5.74) is 10.3. The second kappa shape index (κ2) is 8.46. The highest BCUT2D eigenvalue weighted by Crippen LogP contribution is 2.36. The van der Waals surface area contributed by atoms with Gasteiger partial charge in [0.05, 0.1) is 13.5 Å². The zero-order valence-electron chi connectivity index (χ0n) is 16.8. The highest BCUT2D eigenvalue weighted by Gasteiger charge is 2.33. The van der Waals surface area contributed by atoms with Gasteiger partial charge in [0.2, 0.25) is 11.8 Å². The van der Waals surface area contributed by atoms with Crippen molar-refractivity contribution in [3.05, 3.63) is 53.1 Å². The number of primary amides is 1. The Labute approximate surface area is 166 Å². The summed E-state index contributed by atoms with van der Waals surface area (Å²) in [5, 5.41) is 0. The van der Waals surface area contributed by atoms with Gasteiger partial charge in [0.15, 0.2) is 0 Å². The number of nitrogens with zero attached hydrogens (tertiary/aromatic N) is 1. The van der Waals surface area contributed by atoms with Gasteiger partial charge in [0.1, 0.15) is 5.75 Å². The second-order valence-corrected chi connectivity index (χ2v) is 7.47. The summed E-state index contributed by atoms with van der Waals surface area (Å²) in [6.07, 6.45) is 2.18. The van der Waals surface area contributed by atoms with E-state index in [1.807, 2.05) is 36.9 Å². The molecule has 148 valence electrons. The van der Waals surface area contributed by atoms with E-state index in [2.05, 4.69) is 18.2 Å². The molecule has 5 nitrogen and oxygen atoms in total. The fourth-order valence-electron chi connectivity index (χ4n) is 3.53. The maximum atomic E-state index is 12.6. The molecule has 0 radical (unpaired) electrons. The van der Waals surface area contributed by atoms with E-state index < -0.39 is 0 Å². The second-order valence-electron chi connectivity index (χ2n) is 7.47. The molecule has 0 heterocycles. The monoisotopic (exact) mass is 380 g/mol. The molecule has 5 heteroatoms. The largest absolute Gasteiger partial charge is 0.496 e. The maximum Gasteiger partial charge on any atom is 0.225 e. The van der Waals surface area contributed by atoms with E-state index in [0.717, 1.165) is 46.4 Å². The van der Waals surface area contributed by atoms with Crippen molar-refractivity contribution in [2.45, 2.75) is 39.7 Å². The third-order valence-electron chi connectivity index (χ3n) is 5.17. The molecule has 3 rings (SSSR count). The molecule has 0 aliphatic heterocycles. The molecule has 0 aromatic heterocycles. The predicted molar refractivity (Wildman–Crippen MR) is 110 cm³/mol. The molecule has 0 bridgehead atoms. The van der Waals surface area contributed by atoms with Gasteiger partial charge in [-0.15, -0.1) is 0 Å². The van der Waals surface area contributed by atoms with E-state index in [0.29, 0.717) is 13.1 Å². The van der Waals surface area contributed by atoms with Gasteiger partial charge in [-0.25, -0.2) is 0 Å². The van der Waals surface area contributed by atoms with Crippen LogP contribution in [0.4, 0.5) is 0 Å². The minimum absolute atomic E-state index is 0.180. The summed E-state index contributed by atoms with van der Waals surface area (Å²) in [4.78, 5) is 25.9. The number of ether oxygens (including phenoxy) is 1. The molecule has 0 saturated heterocycles. The third-order valence-corrected chi connectivity index (χ3v) is 5.17. The third kappa shape index (κ3) is 4.53. The SMILES string of the molecule is CCN(Cc1cc(C)ccc1-c1cc(CC(N)=O)ccc1OC)C(=O)C1CC1. The molecular formula is C23H28N2O3. The van der Waals surface area contributed by atoms with Gasteiger partial charge < -0.3 is 15.4 Å². The van der Waals surface area contributed by atoms with E-state index in [4.69, 9.17) is 10.5 Å². The molecule has 2 N–H and O–H groups in total. The first-order valence-electron chi connectivity index (χ1n) is 9.76. The van der Waals surface area contributed by atoms with Gasteiger partial charge >= 0.3 is 0 Å². The number of methoxy groups -OCH3 is 1. The maximum absolute atomic E-state index is 12.6. The molecule has 1 aliphatic carbocycles. The molecule has 28 heavy (non-hydrogen) atoms. The molecule has 0 spiro atoms. The molecular weight excluding hydrogens is 352 g/mol. The fourth-order valence-corrected chi connectivity index (χ4v) is 3.53. The molecule has 1 saturated carbocycles. The molecule has 1 fully saturated rings. The van der Waals surface area contributed by atoms with E-state index in [1.54, 1.807) is 7.11 Å². The first kappa shape index (κ1) is 19.9. The summed E-state index contributed by atoms with van der Waals surface area (Å²) < 4.78 is 5.58. The van der Waals surface area contributed by atoms with Crippen molar-refractivity contribution in [2.75, 3.05) is 13.7 Å². The minimum atomic E-state index is -0.368. The van der Waals surface area contributed by atoms with Gasteiger partial charge in [-0.3, -0.25) is 9.59 Å². The van der Waals surface area contributed by atoms with Crippen LogP contribution in [0.25, 0.3) is 11.1 Å². The van der Waals surface area contributed by atoms with Crippen molar-refractivity contribution in [1.29, 1.82) is 0 Å². The van der Waals surface area contributed by atoms with Crippen LogP contribution < -0.4 is 10.5 Å². The average Bonchev–Trinajstić information content (AvgIpc) is 3.50. The lowest BCUT2D eigenvalue weighted by Gasteiger charge is -2.23. The predicted octanol–water partition coefficient (Wildman–Crippen LogP) is 3.46. The number of benzene rings is 2. The smallest absolute Gasteiger partial charge is 0.225 e. The number of carbonyl (C=O) groups is 2. The lowest BCUT2D eigenvalue weighted by atomic mass is 9.94. The van der Waals surface area contributed by atoms with Crippen molar-refractivity contribution in [2.24, 2.45) is 11.7 Å². The van der Waals surface area contributed by atoms with Crippen molar-refractivity contribution in [3.63, 3.8) is 0 Å². The molecule has 0 unspecified atom stereocenters. The van der Waals surface area contributed by atoms with Crippen LogP contribution in [0.1, 0.15) is 36.5 Å². The number of amides is 2. The number of aryl methyl sites for hydroxylation is 1. The van der Waals surface area contributed by atoms with Crippen LogP contribution in [0.2, 0.25) is 0 Å². The summed E-state index contributed by atoms with van der Waals surface area (Å²) in [7, 11) is 1.63. The van der Waals surface area contributed by atoms with Crippen LogP contribution in [0.3, 0.4) is 0 Å². The standard InChI is InChI=1S/C23H28N2O3/c1-4-25(23(27)17-7-8-17)14-18-11-15(2)5-9-19(18)20-12-16(13-22(24)26)6-10-21(20)28-3/h5-6,9-12,17H,4,7-8,13-14H2,1-3H3,(H2,24,26). The first-order valence-corrected chi connectivity index (χ1v) is 9.76. The van der Waals surface area contributed by atoms with E-state index in [-0.39, 0.29) is 24.2 Å². The van der Waals surface area contributed by atoms with Crippen LogP contribution in [0.5, 0.6) is 5.75 Å². The summed E-state index contributed by atoms with van der Waals surface area (Å²) in [5.74, 6) is 0.799. The summed E-state index contributed by atoms with van der Waals surface area (Å²) >= 11 is 0. The zero-order chi connectivity index (χ0) is 20.3. The van der Waals surface area contributed by atoms with Gasteiger partial charge in [-0.05, 0) is 55.5 Å². The van der Waals surface area contributed by atoms with Crippen LogP contribution in [-0.2, 0) is 22.6 Å². The lowest BCUT2D eigenvalue weighted by molar-refractivity contribution is -0.133. The normalized spacial score (nSPS) is 13.2. The Morgan fingerprint density at radius 2 is 1.89 bits per heavy atom. The average molecular weight is 380 g/mol. The Kier molecular flexibility index (Phi) is 6.02. The highest BCUT2D eigenvalue weighted by atomic mass is 16.5. The van der Waals surface area contributed by atoms with Crippen molar-refractivity contribution in [1.82, 2.24) is 4.90 Å². The van der Waals surface area contributed by atoms with E-state index in [1.165, 1.54) is 0 Å². The van der Waals surface area contributed by atoms with Crippen molar-refractivity contribution in [3.8, 4) is 16.9 Å². The highest BCUT2D eigenvalue weighted by molar-refractivity contribution is 5.82. The summed E-state index contributed by atoms with van der Waals surface area (Å²) in [6, 6.07) is 11.9. The van der Waals surface area contributed by atoms with Gasteiger partial charge in [0, 0.05) is 24.6 Å². The quantitative estimate of drug-likeness (QED) is 0.762. The number of nitrogens with two attached hydrogens (primary N) is 1. The molecule has 2 aromatic carbocycles. The molecule has 2 amide bonds.